The van der Waals surface area contributed by atoms with E-state index >= 15 is 0 Å². The van der Waals surface area contributed by atoms with E-state index in [9.17, 15) is 0 Å². The zero-order valence-electron chi connectivity index (χ0n) is 19.6. The Morgan fingerprint density at radius 3 is 1.97 bits per heavy atom. The first-order chi connectivity index (χ1) is 16.7. The number of nitrogens with zero attached hydrogens (tertiary/aromatic N) is 2. The average Bonchev–Trinajstić information content (AvgIpc) is 2.90. The third-order valence-electron chi connectivity index (χ3n) is 6.15. The number of fused-ring (bicyclic) bond motifs is 2. The maximum Gasteiger partial charge on any atom is 0.160 e. The van der Waals surface area contributed by atoms with Crippen LogP contribution in [0.1, 0.15) is 31.9 Å². The molecule has 0 aliphatic rings. The van der Waals surface area contributed by atoms with Crippen LogP contribution in [0.3, 0.4) is 0 Å². The molecule has 0 aliphatic carbocycles. The topological polar surface area (TPSA) is 25.8 Å². The molecule has 0 radical (unpaired) electrons. The monoisotopic (exact) mass is 440 g/mol. The molecular formula is C32H28N2. The maximum absolute atomic E-state index is 5.03. The van der Waals surface area contributed by atoms with E-state index in [1.54, 1.807) is 0 Å². The van der Waals surface area contributed by atoms with Crippen LogP contribution < -0.4 is 0 Å². The highest BCUT2D eigenvalue weighted by Crippen LogP contribution is 2.29. The van der Waals surface area contributed by atoms with Gasteiger partial charge in [0.15, 0.2) is 5.82 Å². The first kappa shape index (κ1) is 21.8. The standard InChI is InChI=1S/C32H28N2/c1-3-4-5-6-11-23(2)30-22-31(28-18-16-24-12-7-9-14-26(24)20-28)34-32(33-30)29-19-17-25-13-8-10-15-27(25)21-29/h4-23H,3H2,1-2H3/b5-4-,11-6-. The molecule has 0 saturated carbocycles. The zero-order valence-corrected chi connectivity index (χ0v) is 19.6. The van der Waals surface area contributed by atoms with E-state index < -0.39 is 0 Å². The van der Waals surface area contributed by atoms with Gasteiger partial charge in [0, 0.05) is 17.0 Å². The molecular weight excluding hydrogens is 412 g/mol. The summed E-state index contributed by atoms with van der Waals surface area (Å²) in [5.41, 5.74) is 4.10. The smallest absolute Gasteiger partial charge is 0.160 e. The first-order valence-corrected chi connectivity index (χ1v) is 11.9. The molecule has 1 heterocycles. The van der Waals surface area contributed by atoms with Crippen molar-refractivity contribution in [1.82, 2.24) is 9.97 Å². The van der Waals surface area contributed by atoms with Crippen molar-refractivity contribution in [2.75, 3.05) is 0 Å². The van der Waals surface area contributed by atoms with E-state index in [0.29, 0.717) is 0 Å². The van der Waals surface area contributed by atoms with Gasteiger partial charge in [0.2, 0.25) is 0 Å². The van der Waals surface area contributed by atoms with E-state index in [2.05, 4.69) is 129 Å². The molecule has 1 aromatic heterocycles. The molecule has 2 nitrogen and oxygen atoms in total. The lowest BCUT2D eigenvalue weighted by Gasteiger charge is -2.12. The Hall–Kier alpha value is -4.04. The van der Waals surface area contributed by atoms with Crippen LogP contribution in [0.4, 0.5) is 0 Å². The van der Waals surface area contributed by atoms with Gasteiger partial charge in [-0.1, -0.05) is 111 Å². The molecule has 0 N–H and O–H groups in total. The van der Waals surface area contributed by atoms with Gasteiger partial charge in [-0.15, -0.1) is 0 Å². The fraction of sp³-hybridized carbons (Fsp3) is 0.125. The minimum atomic E-state index is 0.169. The van der Waals surface area contributed by atoms with Crippen molar-refractivity contribution in [3.63, 3.8) is 0 Å². The highest BCUT2D eigenvalue weighted by molar-refractivity contribution is 5.88. The summed E-state index contributed by atoms with van der Waals surface area (Å²) in [6, 6.07) is 32.0. The molecule has 0 aliphatic heterocycles. The molecule has 5 aromatic rings. The van der Waals surface area contributed by atoms with E-state index in [0.717, 1.165) is 34.8 Å². The van der Waals surface area contributed by atoms with Crippen molar-refractivity contribution < 1.29 is 0 Å². The number of aromatic nitrogens is 2. The lowest BCUT2D eigenvalue weighted by molar-refractivity contribution is 0.897. The van der Waals surface area contributed by atoms with Crippen molar-refractivity contribution in [3.8, 4) is 22.6 Å². The third kappa shape index (κ3) is 4.67. The van der Waals surface area contributed by atoms with Gasteiger partial charge in [-0.05, 0) is 46.2 Å². The van der Waals surface area contributed by atoms with Crippen molar-refractivity contribution >= 4 is 21.5 Å². The molecule has 0 saturated heterocycles. The summed E-state index contributed by atoms with van der Waals surface area (Å²) < 4.78 is 0. The molecule has 166 valence electrons. The fourth-order valence-corrected chi connectivity index (χ4v) is 4.20. The summed E-state index contributed by atoms with van der Waals surface area (Å²) in [5.74, 6) is 0.929. The molecule has 2 heteroatoms. The van der Waals surface area contributed by atoms with Crippen LogP contribution in [0.25, 0.3) is 44.2 Å². The minimum Gasteiger partial charge on any atom is -0.232 e. The van der Waals surface area contributed by atoms with Crippen molar-refractivity contribution in [2.45, 2.75) is 26.2 Å². The van der Waals surface area contributed by atoms with E-state index in [-0.39, 0.29) is 5.92 Å². The van der Waals surface area contributed by atoms with Crippen LogP contribution in [0.5, 0.6) is 0 Å². The molecule has 1 atom stereocenters. The van der Waals surface area contributed by atoms with E-state index in [1.807, 2.05) is 0 Å². The Balaban J connectivity index is 1.63. The van der Waals surface area contributed by atoms with Crippen LogP contribution >= 0.6 is 0 Å². The number of rotatable bonds is 6. The van der Waals surface area contributed by atoms with Crippen molar-refractivity contribution in [1.29, 1.82) is 0 Å². The van der Waals surface area contributed by atoms with Crippen LogP contribution in [0, 0.1) is 0 Å². The quantitative estimate of drug-likeness (QED) is 0.247. The summed E-state index contributed by atoms with van der Waals surface area (Å²) in [4.78, 5) is 10.0. The van der Waals surface area contributed by atoms with Gasteiger partial charge >= 0.3 is 0 Å². The SMILES string of the molecule is CC/C=C\C=C/C(C)c1cc(-c2ccc3ccccc3c2)nc(-c2ccc3ccccc3c2)n1. The van der Waals surface area contributed by atoms with Gasteiger partial charge in [0.05, 0.1) is 11.4 Å². The Morgan fingerprint density at radius 1 is 0.676 bits per heavy atom. The fourth-order valence-electron chi connectivity index (χ4n) is 4.20. The summed E-state index contributed by atoms with van der Waals surface area (Å²) in [6.45, 7) is 4.33. The Labute approximate surface area is 201 Å². The lowest BCUT2D eigenvalue weighted by atomic mass is 10.0. The van der Waals surface area contributed by atoms with Gasteiger partial charge < -0.3 is 0 Å². The third-order valence-corrected chi connectivity index (χ3v) is 6.15. The molecule has 0 amide bonds. The number of benzene rings is 4. The van der Waals surface area contributed by atoms with Crippen LogP contribution in [0.2, 0.25) is 0 Å². The van der Waals surface area contributed by atoms with Crippen molar-refractivity contribution in [3.05, 3.63) is 121 Å². The Bertz CT molecular complexity index is 1410. The molecule has 0 bridgehead atoms. The second-order valence-corrected chi connectivity index (χ2v) is 8.64. The maximum atomic E-state index is 5.03. The molecule has 1 unspecified atom stereocenters. The van der Waals surface area contributed by atoms with Gasteiger partial charge in [-0.2, -0.15) is 0 Å². The zero-order chi connectivity index (χ0) is 23.3. The second-order valence-electron chi connectivity index (χ2n) is 8.64. The summed E-state index contributed by atoms with van der Waals surface area (Å²) in [6.07, 6.45) is 9.60. The summed E-state index contributed by atoms with van der Waals surface area (Å²) >= 11 is 0. The highest BCUT2D eigenvalue weighted by atomic mass is 14.9. The average molecular weight is 441 g/mol. The van der Waals surface area contributed by atoms with Gasteiger partial charge in [-0.3, -0.25) is 0 Å². The van der Waals surface area contributed by atoms with E-state index in [4.69, 9.17) is 9.97 Å². The number of hydrogen-bond acceptors (Lipinski definition) is 2. The lowest BCUT2D eigenvalue weighted by Crippen LogP contribution is -2.01. The van der Waals surface area contributed by atoms with Gasteiger partial charge in [0.1, 0.15) is 0 Å². The van der Waals surface area contributed by atoms with Crippen molar-refractivity contribution in [2.24, 2.45) is 0 Å². The summed E-state index contributed by atoms with van der Waals surface area (Å²) in [7, 11) is 0. The number of hydrogen-bond donors (Lipinski definition) is 0. The minimum absolute atomic E-state index is 0.169. The van der Waals surface area contributed by atoms with Crippen LogP contribution in [0.15, 0.2) is 115 Å². The predicted molar refractivity (Wildman–Crippen MR) is 145 cm³/mol. The Morgan fingerprint density at radius 2 is 1.29 bits per heavy atom. The molecule has 34 heavy (non-hydrogen) atoms. The second kappa shape index (κ2) is 9.84. The molecule has 0 fully saturated rings. The normalized spacial score (nSPS) is 12.8. The van der Waals surface area contributed by atoms with Gasteiger partial charge in [-0.25, -0.2) is 9.97 Å². The first-order valence-electron chi connectivity index (χ1n) is 11.9. The van der Waals surface area contributed by atoms with E-state index in [1.165, 1.54) is 21.5 Å². The number of allylic oxidation sites excluding steroid dienone is 4. The highest BCUT2D eigenvalue weighted by Gasteiger charge is 2.13. The molecule has 5 rings (SSSR count). The molecule has 0 spiro atoms. The Kier molecular flexibility index (Phi) is 6.31. The van der Waals surface area contributed by atoms with Crippen LogP contribution in [-0.4, -0.2) is 9.97 Å². The van der Waals surface area contributed by atoms with Gasteiger partial charge in [0.25, 0.3) is 0 Å². The predicted octanol–water partition coefficient (Wildman–Crippen LogP) is 8.74. The molecule has 4 aromatic carbocycles. The largest absolute Gasteiger partial charge is 0.232 e. The summed E-state index contributed by atoms with van der Waals surface area (Å²) in [5, 5.41) is 4.86. The van der Waals surface area contributed by atoms with Crippen LogP contribution in [-0.2, 0) is 0 Å².